The summed E-state index contributed by atoms with van der Waals surface area (Å²) in [5.41, 5.74) is 21.0. The molecular formula is C49H78ClN17O6. The van der Waals surface area contributed by atoms with E-state index in [4.69, 9.17) is 52.8 Å². The van der Waals surface area contributed by atoms with E-state index in [0.717, 1.165) is 31.2 Å². The Morgan fingerprint density at radius 2 is 1.32 bits per heavy atom. The number of aromatic hydroxyl groups is 1. The molecule has 2 fully saturated rings. The molecule has 4 aromatic rings. The van der Waals surface area contributed by atoms with Crippen LogP contribution in [0, 0.1) is 24.2 Å². The van der Waals surface area contributed by atoms with Gasteiger partial charge in [0, 0.05) is 65.3 Å². The summed E-state index contributed by atoms with van der Waals surface area (Å²) in [5, 5.41) is 30.8. The van der Waals surface area contributed by atoms with Crippen molar-refractivity contribution < 1.29 is 28.9 Å². The Kier molecular flexibility index (Phi) is 23.8. The molecule has 5 atom stereocenters. The minimum absolute atomic E-state index is 0. The van der Waals surface area contributed by atoms with E-state index in [9.17, 15) is 14.7 Å². The largest absolute Gasteiger partial charge is 0.508 e. The number of phenols is 1. The van der Waals surface area contributed by atoms with E-state index in [-0.39, 0.29) is 54.6 Å². The zero-order chi connectivity index (χ0) is 51.4. The van der Waals surface area contributed by atoms with E-state index in [1.807, 2.05) is 16.0 Å². The normalized spacial score (nSPS) is 16.2. The van der Waals surface area contributed by atoms with Crippen molar-refractivity contribution in [1.82, 2.24) is 54.7 Å². The van der Waals surface area contributed by atoms with E-state index in [1.54, 1.807) is 39.8 Å². The van der Waals surface area contributed by atoms with Crippen molar-refractivity contribution in [3.8, 4) is 18.1 Å². The molecule has 3 aromatic heterocycles. The van der Waals surface area contributed by atoms with Gasteiger partial charge in [-0.05, 0) is 61.8 Å². The molecule has 0 saturated carbocycles. The van der Waals surface area contributed by atoms with Crippen LogP contribution in [-0.2, 0) is 30.2 Å². The zero-order valence-corrected chi connectivity index (χ0v) is 43.8. The first-order valence-electron chi connectivity index (χ1n) is 25.5. The number of phenolic OH excluding ortho intramolecular Hbond substituents is 1. The lowest BCUT2D eigenvalue weighted by Gasteiger charge is -2.38. The number of nitrogens with two attached hydrogens (primary N) is 3. The van der Waals surface area contributed by atoms with E-state index >= 15 is 0 Å². The van der Waals surface area contributed by atoms with Crippen LogP contribution in [-0.4, -0.2) is 177 Å². The smallest absolute Gasteiger partial charge is 0.247 e. The predicted octanol–water partition coefficient (Wildman–Crippen LogP) is 2.52. The van der Waals surface area contributed by atoms with Gasteiger partial charge in [-0.1, -0.05) is 62.6 Å². The highest BCUT2D eigenvalue weighted by atomic mass is 35.5. The third kappa shape index (κ3) is 17.2. The molecule has 24 heteroatoms. The quantitative estimate of drug-likeness (QED) is 0.0386. The minimum atomic E-state index is -0.693. The first kappa shape index (κ1) is 58.2. The summed E-state index contributed by atoms with van der Waals surface area (Å²) in [5.74, 6) is 4.32. The fraction of sp³-hybridized carbons (Fsp3) is 0.653. The van der Waals surface area contributed by atoms with Gasteiger partial charge in [0.05, 0.1) is 68.9 Å². The number of piperazine rings is 2. The van der Waals surface area contributed by atoms with Gasteiger partial charge in [-0.2, -0.15) is 15.0 Å². The van der Waals surface area contributed by atoms with Gasteiger partial charge in [-0.15, -0.1) is 29.0 Å². The van der Waals surface area contributed by atoms with Crippen LogP contribution in [0.2, 0.25) is 0 Å². The van der Waals surface area contributed by atoms with Crippen molar-refractivity contribution in [1.29, 1.82) is 0 Å². The number of unbranched alkanes of at least 4 members (excludes halogenated alkanes) is 1. The van der Waals surface area contributed by atoms with Crippen LogP contribution in [0.5, 0.6) is 5.75 Å². The Labute approximate surface area is 435 Å². The lowest BCUT2D eigenvalue weighted by Crippen LogP contribution is -2.52. The monoisotopic (exact) mass is 1040 g/mol. The van der Waals surface area contributed by atoms with E-state index in [2.05, 4.69) is 69.4 Å². The van der Waals surface area contributed by atoms with E-state index in [0.29, 0.717) is 146 Å². The van der Waals surface area contributed by atoms with Crippen LogP contribution >= 0.6 is 12.4 Å². The van der Waals surface area contributed by atoms with Gasteiger partial charge >= 0.3 is 0 Å². The second kappa shape index (κ2) is 29.8. The van der Waals surface area contributed by atoms with Crippen molar-refractivity contribution in [3.63, 3.8) is 0 Å². The maximum absolute atomic E-state index is 14.5. The van der Waals surface area contributed by atoms with Gasteiger partial charge in [-0.25, -0.2) is 9.36 Å². The molecule has 1 unspecified atom stereocenters. The number of terminal acetylenes is 1. The van der Waals surface area contributed by atoms with Gasteiger partial charge < -0.3 is 61.4 Å². The maximum Gasteiger partial charge on any atom is 0.247 e. The molecule has 6 rings (SSSR count). The van der Waals surface area contributed by atoms with Gasteiger partial charge in [0.15, 0.2) is 0 Å². The summed E-state index contributed by atoms with van der Waals surface area (Å²) in [7, 11) is 0. The highest BCUT2D eigenvalue weighted by Gasteiger charge is 2.34. The summed E-state index contributed by atoms with van der Waals surface area (Å²) in [6.07, 6.45) is 12.9. The Morgan fingerprint density at radius 3 is 1.89 bits per heavy atom. The Bertz CT molecular complexity index is 2300. The second-order valence-electron chi connectivity index (χ2n) is 18.9. The predicted molar refractivity (Wildman–Crippen MR) is 280 cm³/mol. The number of rotatable bonds is 29. The van der Waals surface area contributed by atoms with Gasteiger partial charge in [-0.3, -0.25) is 9.59 Å². The topological polar surface area (TPSA) is 285 Å². The third-order valence-corrected chi connectivity index (χ3v) is 13.1. The minimum Gasteiger partial charge on any atom is -0.508 e. The van der Waals surface area contributed by atoms with Crippen LogP contribution in [0.25, 0.3) is 0 Å². The summed E-state index contributed by atoms with van der Waals surface area (Å²) < 4.78 is 19.9. The Hall–Kier alpha value is -5.74. The average Bonchev–Trinajstić information content (AvgIpc) is 4.10. The number of anilines is 3. The molecule has 2 aliphatic rings. The molecule has 23 nitrogen and oxygen atoms in total. The zero-order valence-electron chi connectivity index (χ0n) is 43.0. The van der Waals surface area contributed by atoms with Gasteiger partial charge in [0.2, 0.25) is 29.7 Å². The van der Waals surface area contributed by atoms with Crippen molar-refractivity contribution in [2.75, 3.05) is 120 Å². The van der Waals surface area contributed by atoms with Gasteiger partial charge in [0.1, 0.15) is 24.4 Å². The van der Waals surface area contributed by atoms with Crippen molar-refractivity contribution >= 4 is 42.1 Å². The van der Waals surface area contributed by atoms with Crippen molar-refractivity contribution in [2.45, 2.75) is 90.4 Å². The number of nitrogens with one attached hydrogen (secondary N) is 1. The molecule has 73 heavy (non-hydrogen) atoms. The first-order chi connectivity index (χ1) is 34.9. The molecule has 2 aliphatic heterocycles. The van der Waals surface area contributed by atoms with Gasteiger partial charge in [0.25, 0.3) is 0 Å². The number of hydrogen-bond acceptors (Lipinski definition) is 19. The second-order valence-corrected chi connectivity index (χ2v) is 18.9. The van der Waals surface area contributed by atoms with Crippen LogP contribution in [0.15, 0.2) is 36.7 Å². The van der Waals surface area contributed by atoms with Crippen LogP contribution in [0.3, 0.4) is 0 Å². The molecule has 0 spiro atoms. The first-order valence-corrected chi connectivity index (χ1v) is 25.5. The number of nitrogens with zero attached hydrogens (tertiary/aromatic N) is 13. The van der Waals surface area contributed by atoms with E-state index < -0.39 is 12.1 Å². The Morgan fingerprint density at radius 1 is 0.767 bits per heavy atom. The number of carbonyl (C=O) groups excluding carboxylic acids is 2. The molecular weight excluding hydrogens is 958 g/mol. The van der Waals surface area contributed by atoms with Crippen LogP contribution in [0.4, 0.5) is 17.8 Å². The SMILES string of the molecule is C#CCOCCOCCOCCNc1nc(N2CCN(C(=O)[C@@H](Cc3ccc(O)cc3)n3cc([C@@H](N)C(C)CC)nn3)CC2)nc(N2CCN(C(=O)[C@H](CCCCN)n3cc([C@@H](N)CC(C)C)nn3)CC2)n1.Cl. The maximum atomic E-state index is 14.5. The highest BCUT2D eigenvalue weighted by Crippen LogP contribution is 2.27. The number of amides is 2. The standard InChI is InChI=1S/C49H77N17O6.ClH/c1-6-25-70-27-29-72-30-28-71-26-16-53-47-54-48(63-21-17-61(18-22-63)45(68)42(10-8-9-15-50)65-33-40(57-59-65)39(51)31-35(3)4)56-49(55-47)64-23-19-62(20-24-64)46(69)43(32-37-11-13-38(67)14-12-37)66-34-41(58-60-66)44(52)36(5)7-2;/h1,11-14,33-36,39,42-44,67H,7-10,15-32,50-52H2,2-5H3,(H,53,54,55,56);1H/t36?,39-,42-,43+,44-;/m0./s1. The lowest BCUT2D eigenvalue weighted by atomic mass is 9.98. The molecule has 402 valence electrons. The van der Waals surface area contributed by atoms with Crippen molar-refractivity contribution in [3.05, 3.63) is 53.6 Å². The summed E-state index contributed by atoms with van der Waals surface area (Å²) in [6.45, 7) is 15.2. The Balaban J connectivity index is 0.00000988. The number of hydrogen-bond donors (Lipinski definition) is 5. The third-order valence-electron chi connectivity index (χ3n) is 13.1. The average molecular weight is 1040 g/mol. The summed E-state index contributed by atoms with van der Waals surface area (Å²) in [4.78, 5) is 51.3. The molecule has 2 saturated heterocycles. The fourth-order valence-electron chi connectivity index (χ4n) is 8.58. The number of aromatic nitrogens is 9. The van der Waals surface area contributed by atoms with Crippen LogP contribution in [0.1, 0.15) is 101 Å². The molecule has 5 heterocycles. The van der Waals surface area contributed by atoms with E-state index in [1.165, 1.54) is 0 Å². The summed E-state index contributed by atoms with van der Waals surface area (Å²) >= 11 is 0. The molecule has 2 amide bonds. The molecule has 0 bridgehead atoms. The number of ether oxygens (including phenoxy) is 3. The number of benzene rings is 1. The summed E-state index contributed by atoms with van der Waals surface area (Å²) in [6, 6.07) is 5.02. The molecule has 8 N–H and O–H groups in total. The molecule has 1 aromatic carbocycles. The molecule has 0 aliphatic carbocycles. The molecule has 0 radical (unpaired) electrons. The number of carbonyl (C=O) groups is 2. The van der Waals surface area contributed by atoms with Crippen molar-refractivity contribution in [2.24, 2.45) is 29.0 Å². The number of halogens is 1. The lowest BCUT2D eigenvalue weighted by molar-refractivity contribution is -0.136. The highest BCUT2D eigenvalue weighted by molar-refractivity contribution is 5.85. The van der Waals surface area contributed by atoms with Crippen LogP contribution < -0.4 is 32.3 Å². The fourth-order valence-corrected chi connectivity index (χ4v) is 8.58.